The molecule has 0 bridgehead atoms. The first-order chi connectivity index (χ1) is 13.9. The van der Waals surface area contributed by atoms with E-state index in [1.165, 1.54) is 12.0 Å². The van der Waals surface area contributed by atoms with Crippen molar-refractivity contribution in [2.75, 3.05) is 19.6 Å². The molecule has 0 amide bonds. The third-order valence-electron chi connectivity index (χ3n) is 3.29. The maximum absolute atomic E-state index is 10.9. The Hall–Kier alpha value is -1.49. The van der Waals surface area contributed by atoms with Gasteiger partial charge in [0.05, 0.1) is 20.0 Å². The van der Waals surface area contributed by atoms with E-state index in [0.29, 0.717) is 6.42 Å². The van der Waals surface area contributed by atoms with Gasteiger partial charge in [-0.25, -0.2) is 0 Å². The van der Waals surface area contributed by atoms with Crippen LogP contribution in [0.2, 0.25) is 0 Å². The predicted molar refractivity (Wildman–Crippen MR) is 111 cm³/mol. The van der Waals surface area contributed by atoms with E-state index in [-0.39, 0.29) is 48.4 Å². The van der Waals surface area contributed by atoms with Crippen LogP contribution >= 0.6 is 23.5 Å². The summed E-state index contributed by atoms with van der Waals surface area (Å²) in [7, 11) is 1.40. The smallest absolute Gasteiger partial charge is 0.662 e. The Morgan fingerprint density at radius 2 is 1.30 bits per heavy atom. The molecule has 10 heteroatoms. The van der Waals surface area contributed by atoms with Gasteiger partial charge in [-0.15, -0.1) is 23.5 Å². The van der Waals surface area contributed by atoms with Crippen LogP contribution in [0.3, 0.4) is 0 Å². The Labute approximate surface area is 206 Å². The van der Waals surface area contributed by atoms with Crippen molar-refractivity contribution in [3.63, 3.8) is 0 Å². The van der Waals surface area contributed by atoms with E-state index in [9.17, 15) is 9.59 Å². The molecule has 0 unspecified atom stereocenters. The third kappa shape index (κ3) is 15.4. The topological polar surface area (TPSA) is 113 Å². The van der Waals surface area contributed by atoms with Crippen molar-refractivity contribution in [3.05, 3.63) is 59.7 Å². The Kier molecular flexibility index (Phi) is 19.9. The molecule has 0 aliphatic carbocycles. The molecule has 0 aliphatic heterocycles. The fourth-order valence-electron chi connectivity index (χ4n) is 1.90. The number of hydrogen-bond acceptors (Lipinski definition) is 8. The van der Waals surface area contributed by atoms with Gasteiger partial charge in [0.2, 0.25) is 0 Å². The van der Waals surface area contributed by atoms with Gasteiger partial charge in [-0.2, -0.15) is 0 Å². The second kappa shape index (κ2) is 19.5. The van der Waals surface area contributed by atoms with Crippen molar-refractivity contribution in [1.29, 1.82) is 0 Å². The summed E-state index contributed by atoms with van der Waals surface area (Å²) in [5, 5.41) is 16.9. The predicted octanol–water partition coefficient (Wildman–Crippen LogP) is -0.402. The normalized spacial score (nSPS) is 8.80. The number of carboxylic acids is 1. The fourth-order valence-corrected chi connectivity index (χ4v) is 2.72. The number of rotatable bonds is 7. The first kappa shape index (κ1) is 30.7. The number of carbonyl (C=O) groups is 3. The molecule has 0 aromatic heterocycles. The maximum Gasteiger partial charge on any atom is 1.00 e. The molecule has 2 aromatic carbocycles. The number of methoxy groups -OCH3 is 1. The number of carboxylic acid groups (broad SMARTS) is 1. The van der Waals surface area contributed by atoms with E-state index in [0.717, 1.165) is 16.0 Å². The molecule has 0 radical (unpaired) electrons. The number of ether oxygens (including phenoxy) is 1. The fraction of sp³-hybridized carbons (Fsp3) is 0.250. The first-order valence-corrected chi connectivity index (χ1v) is 10.6. The summed E-state index contributed by atoms with van der Waals surface area (Å²) in [4.78, 5) is 34.8. The van der Waals surface area contributed by atoms with Gasteiger partial charge in [-0.05, 0) is 47.9 Å². The minimum atomic E-state index is -0.785. The summed E-state index contributed by atoms with van der Waals surface area (Å²) in [5.74, 6) is -0.983. The number of thioether (sulfide) groups is 2. The maximum atomic E-state index is 10.9. The van der Waals surface area contributed by atoms with Crippen LogP contribution in [0.25, 0.3) is 0 Å². The molecule has 0 saturated carbocycles. The Morgan fingerprint density at radius 3 is 1.57 bits per heavy atom. The van der Waals surface area contributed by atoms with Gasteiger partial charge in [0.15, 0.2) is 0 Å². The van der Waals surface area contributed by atoms with Crippen LogP contribution in [0.4, 0.5) is 0 Å². The summed E-state index contributed by atoms with van der Waals surface area (Å²) in [5.41, 5.74) is 1.84. The summed E-state index contributed by atoms with van der Waals surface area (Å²) in [6.07, 6.45) is 4.47. The third-order valence-corrected chi connectivity index (χ3v) is 4.78. The summed E-state index contributed by atoms with van der Waals surface area (Å²) in [6, 6.07) is 15.5. The largest absolute Gasteiger partial charge is 1.00 e. The van der Waals surface area contributed by atoms with E-state index in [1.54, 1.807) is 23.5 Å². The van der Waals surface area contributed by atoms with Crippen LogP contribution in [0, 0.1) is 0 Å². The Balaban J connectivity index is 0. The standard InChI is InChI=1S/C10H12O2S.C9H10O2S.CH2O3.Na/c1-12-10(11)7-8-3-5-9(13-2)6-4-8;1-12-8-4-2-7(3-5-8)6-9(10)11;2-1-4-3;/h3-6H,7H2,1-2H3;2-5H,6H2,1H3,(H,10,11);1,3H;/q;;;+1/p-1. The molecule has 30 heavy (non-hydrogen) atoms. The zero-order valence-corrected chi connectivity index (χ0v) is 21.0. The molecule has 0 aliphatic rings. The minimum absolute atomic E-state index is 0. The van der Waals surface area contributed by atoms with Gasteiger partial charge >= 0.3 is 41.5 Å². The van der Waals surface area contributed by atoms with Crippen molar-refractivity contribution in [3.8, 4) is 0 Å². The molecule has 1 N–H and O–H groups in total. The molecular weight excluding hydrogens is 439 g/mol. The summed E-state index contributed by atoms with van der Waals surface area (Å²) in [6.45, 7) is -0.181. The summed E-state index contributed by atoms with van der Waals surface area (Å²) >= 11 is 3.33. The molecule has 2 aromatic rings. The average molecular weight is 463 g/mol. The average Bonchev–Trinajstić information content (AvgIpc) is 2.75. The Bertz CT molecular complexity index is 738. The molecule has 0 spiro atoms. The van der Waals surface area contributed by atoms with E-state index in [1.807, 2.05) is 61.0 Å². The van der Waals surface area contributed by atoms with Crippen LogP contribution in [-0.2, 0) is 36.8 Å². The van der Waals surface area contributed by atoms with Crippen molar-refractivity contribution < 1.29 is 63.9 Å². The molecule has 0 atom stereocenters. The van der Waals surface area contributed by atoms with Crippen LogP contribution < -0.4 is 34.8 Å². The number of benzene rings is 2. The van der Waals surface area contributed by atoms with E-state index < -0.39 is 5.97 Å². The Morgan fingerprint density at radius 1 is 0.933 bits per heavy atom. The van der Waals surface area contributed by atoms with Crippen molar-refractivity contribution in [2.45, 2.75) is 22.6 Å². The van der Waals surface area contributed by atoms with Gasteiger partial charge in [0.25, 0.3) is 6.47 Å². The van der Waals surface area contributed by atoms with Gasteiger partial charge in [-0.1, -0.05) is 24.3 Å². The first-order valence-electron chi connectivity index (χ1n) is 8.16. The zero-order valence-electron chi connectivity index (χ0n) is 17.3. The molecule has 2 rings (SSSR count). The monoisotopic (exact) mass is 462 g/mol. The second-order valence-corrected chi connectivity index (χ2v) is 6.97. The van der Waals surface area contributed by atoms with Crippen LogP contribution in [0.5, 0.6) is 0 Å². The molecule has 0 heterocycles. The molecule has 0 saturated heterocycles. The quantitative estimate of drug-likeness (QED) is 0.147. The van der Waals surface area contributed by atoms with E-state index in [2.05, 4.69) is 9.62 Å². The van der Waals surface area contributed by atoms with Gasteiger partial charge in [0.1, 0.15) is 0 Å². The number of carbonyl (C=O) groups excluding carboxylic acids is 2. The zero-order chi connectivity index (χ0) is 22.1. The van der Waals surface area contributed by atoms with Gasteiger partial charge < -0.3 is 20.0 Å². The number of hydrogen-bond donors (Lipinski definition) is 1. The van der Waals surface area contributed by atoms with Crippen molar-refractivity contribution in [1.82, 2.24) is 0 Å². The van der Waals surface area contributed by atoms with Gasteiger partial charge in [-0.3, -0.25) is 14.4 Å². The summed E-state index contributed by atoms with van der Waals surface area (Å²) < 4.78 is 4.57. The van der Waals surface area contributed by atoms with Crippen molar-refractivity contribution >= 4 is 41.9 Å². The SMILES string of the molecule is COC(=O)Cc1ccc(SC)cc1.CSc1ccc(CC(=O)O)cc1.O=CO[O-].[Na+]. The van der Waals surface area contributed by atoms with Crippen molar-refractivity contribution in [2.24, 2.45) is 0 Å². The number of aliphatic carboxylic acids is 1. The van der Waals surface area contributed by atoms with Crippen LogP contribution in [0.1, 0.15) is 11.1 Å². The van der Waals surface area contributed by atoms with E-state index in [4.69, 9.17) is 15.2 Å². The van der Waals surface area contributed by atoms with Crippen LogP contribution in [0.15, 0.2) is 58.3 Å². The molecule has 158 valence electrons. The minimum Gasteiger partial charge on any atom is -0.662 e. The molecular formula is C20H23NaO7S2. The molecule has 7 nitrogen and oxygen atoms in total. The van der Waals surface area contributed by atoms with Crippen LogP contribution in [-0.4, -0.2) is 43.1 Å². The van der Waals surface area contributed by atoms with Gasteiger partial charge in [0, 0.05) is 9.79 Å². The second-order valence-electron chi connectivity index (χ2n) is 5.21. The number of esters is 1. The molecule has 0 fully saturated rings. The van der Waals surface area contributed by atoms with E-state index >= 15 is 0 Å².